The predicted octanol–water partition coefficient (Wildman–Crippen LogP) is 4.13. The first-order valence-corrected chi connectivity index (χ1v) is 11.4. The zero-order valence-corrected chi connectivity index (χ0v) is 18.4. The number of imide groups is 1. The molecule has 2 amide bonds. The van der Waals surface area contributed by atoms with E-state index in [1.165, 1.54) is 10.5 Å². The second-order valence-corrected chi connectivity index (χ2v) is 8.92. The monoisotopic (exact) mass is 442 g/mol. The second kappa shape index (κ2) is 8.61. The molecule has 0 aliphatic carbocycles. The van der Waals surface area contributed by atoms with Crippen molar-refractivity contribution in [2.45, 2.75) is 25.8 Å². The molecule has 3 heterocycles. The van der Waals surface area contributed by atoms with E-state index >= 15 is 0 Å². The third-order valence-corrected chi connectivity index (χ3v) is 6.63. The molecule has 2 aromatic heterocycles. The highest BCUT2D eigenvalue weighted by molar-refractivity contribution is 7.21. The number of anilines is 1. The largest absolute Gasteiger partial charge is 0.305 e. The molecule has 1 aliphatic heterocycles. The molecule has 6 nitrogen and oxygen atoms in total. The summed E-state index contributed by atoms with van der Waals surface area (Å²) in [6, 6.07) is 18.9. The summed E-state index contributed by atoms with van der Waals surface area (Å²) in [6.07, 6.45) is 2.62. The number of hydrogen-bond donors (Lipinski definition) is 1. The summed E-state index contributed by atoms with van der Waals surface area (Å²) in [6.45, 7) is 2.66. The van der Waals surface area contributed by atoms with Gasteiger partial charge in [-0.1, -0.05) is 12.1 Å². The minimum Gasteiger partial charge on any atom is -0.305 e. The van der Waals surface area contributed by atoms with Crippen LogP contribution in [0.2, 0.25) is 0 Å². The first-order chi connectivity index (χ1) is 15.6. The van der Waals surface area contributed by atoms with Crippen molar-refractivity contribution in [2.24, 2.45) is 0 Å². The van der Waals surface area contributed by atoms with E-state index in [1.807, 2.05) is 48.5 Å². The van der Waals surface area contributed by atoms with E-state index < -0.39 is 6.04 Å². The maximum atomic E-state index is 12.9. The van der Waals surface area contributed by atoms with Gasteiger partial charge in [-0.3, -0.25) is 14.6 Å². The van der Waals surface area contributed by atoms with Crippen LogP contribution in [0, 0.1) is 6.92 Å². The molecule has 5 rings (SSSR count). The summed E-state index contributed by atoms with van der Waals surface area (Å²) in [5.41, 5.74) is 4.70. The fraction of sp³-hybridized carbons (Fsp3) is 0.200. The summed E-state index contributed by atoms with van der Waals surface area (Å²) in [4.78, 5) is 35.7. The number of nitrogens with zero attached hydrogens (tertiary/aromatic N) is 3. The number of aromatic nitrogens is 2. The SMILES string of the molecule is Cc1ccc2nc(-c3ccc(N4C(=O)CC(NCCc5ccccn5)C4=O)cc3)sc2c1. The average molecular weight is 443 g/mol. The molecule has 0 saturated carbocycles. The topological polar surface area (TPSA) is 75.2 Å². The van der Waals surface area contributed by atoms with Crippen molar-refractivity contribution in [3.05, 3.63) is 78.1 Å². The fourth-order valence-corrected chi connectivity index (χ4v) is 4.96. The van der Waals surface area contributed by atoms with Crippen LogP contribution in [-0.2, 0) is 16.0 Å². The number of hydrogen-bond acceptors (Lipinski definition) is 6. The fourth-order valence-electron chi connectivity index (χ4n) is 3.89. The number of fused-ring (bicyclic) bond motifs is 1. The van der Waals surface area contributed by atoms with Crippen LogP contribution >= 0.6 is 11.3 Å². The van der Waals surface area contributed by atoms with Gasteiger partial charge in [-0.2, -0.15) is 0 Å². The van der Waals surface area contributed by atoms with Crippen molar-refractivity contribution in [3.63, 3.8) is 0 Å². The van der Waals surface area contributed by atoms with Crippen LogP contribution in [0.3, 0.4) is 0 Å². The zero-order chi connectivity index (χ0) is 22.1. The van der Waals surface area contributed by atoms with E-state index in [-0.39, 0.29) is 18.2 Å². The molecule has 32 heavy (non-hydrogen) atoms. The number of amides is 2. The molecule has 2 aromatic carbocycles. The Morgan fingerprint density at radius 2 is 1.94 bits per heavy atom. The predicted molar refractivity (Wildman–Crippen MR) is 127 cm³/mol. The Balaban J connectivity index is 1.27. The van der Waals surface area contributed by atoms with Gasteiger partial charge in [0.25, 0.3) is 5.91 Å². The Labute approximate surface area is 189 Å². The Bertz CT molecular complexity index is 1280. The Morgan fingerprint density at radius 1 is 1.09 bits per heavy atom. The molecule has 4 aromatic rings. The molecule has 1 aliphatic rings. The van der Waals surface area contributed by atoms with Gasteiger partial charge in [-0.05, 0) is 61.0 Å². The Morgan fingerprint density at radius 3 is 2.72 bits per heavy atom. The third kappa shape index (κ3) is 4.04. The van der Waals surface area contributed by atoms with Crippen LogP contribution in [-0.4, -0.2) is 34.4 Å². The molecule has 1 fully saturated rings. The molecule has 7 heteroatoms. The second-order valence-electron chi connectivity index (χ2n) is 7.89. The highest BCUT2D eigenvalue weighted by Gasteiger charge is 2.39. The Hall–Kier alpha value is -3.42. The summed E-state index contributed by atoms with van der Waals surface area (Å²) in [5, 5.41) is 4.13. The molecule has 0 radical (unpaired) electrons. The minimum atomic E-state index is -0.501. The molecule has 1 N–H and O–H groups in total. The highest BCUT2D eigenvalue weighted by Crippen LogP contribution is 2.32. The number of rotatable bonds is 6. The lowest BCUT2D eigenvalue weighted by atomic mass is 10.2. The zero-order valence-electron chi connectivity index (χ0n) is 17.6. The summed E-state index contributed by atoms with van der Waals surface area (Å²) in [5.74, 6) is -0.396. The number of carbonyl (C=O) groups is 2. The van der Waals surface area contributed by atoms with Gasteiger partial charge in [0.05, 0.1) is 28.4 Å². The first kappa shape index (κ1) is 20.5. The molecule has 1 saturated heterocycles. The molecule has 1 unspecified atom stereocenters. The molecule has 0 bridgehead atoms. The normalized spacial score (nSPS) is 16.3. The van der Waals surface area contributed by atoms with Crippen LogP contribution in [0.25, 0.3) is 20.8 Å². The lowest BCUT2D eigenvalue weighted by molar-refractivity contribution is -0.121. The number of aryl methyl sites for hydroxylation is 1. The van der Waals surface area contributed by atoms with Crippen molar-refractivity contribution >= 4 is 39.1 Å². The summed E-state index contributed by atoms with van der Waals surface area (Å²) < 4.78 is 1.15. The standard InChI is InChI=1S/C25H22N4O2S/c1-16-5-10-20-22(14-16)32-24(28-20)17-6-8-19(9-7-17)29-23(30)15-21(25(29)31)27-13-11-18-4-2-3-12-26-18/h2-10,12,14,21,27H,11,13,15H2,1H3. The van der Waals surface area contributed by atoms with Crippen molar-refractivity contribution in [1.82, 2.24) is 15.3 Å². The number of nitrogens with one attached hydrogen (secondary N) is 1. The number of pyridine rings is 1. The summed E-state index contributed by atoms with van der Waals surface area (Å²) in [7, 11) is 0. The number of carbonyl (C=O) groups excluding carboxylic acids is 2. The van der Waals surface area contributed by atoms with Crippen LogP contribution in [0.15, 0.2) is 66.9 Å². The van der Waals surface area contributed by atoms with Crippen LogP contribution < -0.4 is 10.2 Å². The Kier molecular flexibility index (Phi) is 5.51. The lowest BCUT2D eigenvalue weighted by Crippen LogP contribution is -2.39. The van der Waals surface area contributed by atoms with E-state index in [9.17, 15) is 9.59 Å². The number of thiazole rings is 1. The maximum absolute atomic E-state index is 12.9. The van der Waals surface area contributed by atoms with Crippen molar-refractivity contribution < 1.29 is 9.59 Å². The van der Waals surface area contributed by atoms with E-state index in [2.05, 4.69) is 29.4 Å². The summed E-state index contributed by atoms with van der Waals surface area (Å²) >= 11 is 1.64. The van der Waals surface area contributed by atoms with E-state index in [0.717, 1.165) is 26.5 Å². The van der Waals surface area contributed by atoms with E-state index in [0.29, 0.717) is 18.7 Å². The molecular formula is C25H22N4O2S. The van der Waals surface area contributed by atoms with Crippen LogP contribution in [0.5, 0.6) is 0 Å². The first-order valence-electron chi connectivity index (χ1n) is 10.6. The van der Waals surface area contributed by atoms with Crippen LogP contribution in [0.1, 0.15) is 17.7 Å². The van der Waals surface area contributed by atoms with Gasteiger partial charge in [0, 0.05) is 30.4 Å². The molecular weight excluding hydrogens is 420 g/mol. The number of benzene rings is 2. The molecule has 0 spiro atoms. The van der Waals surface area contributed by atoms with Gasteiger partial charge in [0.1, 0.15) is 5.01 Å². The molecule has 1 atom stereocenters. The quantitative estimate of drug-likeness (QED) is 0.455. The van der Waals surface area contributed by atoms with Gasteiger partial charge >= 0.3 is 0 Å². The smallest absolute Gasteiger partial charge is 0.251 e. The van der Waals surface area contributed by atoms with Gasteiger partial charge in [0.15, 0.2) is 0 Å². The third-order valence-electron chi connectivity index (χ3n) is 5.56. The van der Waals surface area contributed by atoms with E-state index in [4.69, 9.17) is 4.98 Å². The van der Waals surface area contributed by atoms with Gasteiger partial charge in [-0.25, -0.2) is 9.88 Å². The molecule has 160 valence electrons. The van der Waals surface area contributed by atoms with Gasteiger partial charge in [0.2, 0.25) is 5.91 Å². The average Bonchev–Trinajstić information content (AvgIpc) is 3.34. The van der Waals surface area contributed by atoms with Gasteiger partial charge in [-0.15, -0.1) is 11.3 Å². The maximum Gasteiger partial charge on any atom is 0.251 e. The lowest BCUT2D eigenvalue weighted by Gasteiger charge is -2.16. The van der Waals surface area contributed by atoms with E-state index in [1.54, 1.807) is 17.5 Å². The van der Waals surface area contributed by atoms with Crippen molar-refractivity contribution in [1.29, 1.82) is 0 Å². The highest BCUT2D eigenvalue weighted by atomic mass is 32.1. The minimum absolute atomic E-state index is 0.167. The van der Waals surface area contributed by atoms with Crippen molar-refractivity contribution in [3.8, 4) is 10.6 Å². The van der Waals surface area contributed by atoms with Crippen molar-refractivity contribution in [2.75, 3.05) is 11.4 Å². The van der Waals surface area contributed by atoms with Gasteiger partial charge < -0.3 is 5.32 Å². The van der Waals surface area contributed by atoms with Crippen LogP contribution in [0.4, 0.5) is 5.69 Å².